The van der Waals surface area contributed by atoms with Crippen LogP contribution in [0.2, 0.25) is 5.02 Å². The predicted molar refractivity (Wildman–Crippen MR) is 319 cm³/mol. The number of amides is 4. The number of nitrogens with one attached hydrogen (secondary N) is 4. The molecule has 18 nitrogen and oxygen atoms in total. The molecule has 5 N–H and O–H groups in total. The van der Waals surface area contributed by atoms with Gasteiger partial charge in [0, 0.05) is 94.7 Å². The molecule has 3 aliphatic rings. The van der Waals surface area contributed by atoms with Crippen molar-refractivity contribution in [1.29, 1.82) is 0 Å². The first kappa shape index (κ1) is 60.0. The van der Waals surface area contributed by atoms with Gasteiger partial charge in [-0.1, -0.05) is 88.0 Å². The number of ether oxygens (including phenoxy) is 1. The number of aromatic nitrogens is 3. The summed E-state index contributed by atoms with van der Waals surface area (Å²) in [6.07, 6.45) is 7.71. The average molecular weight is 1150 g/mol. The minimum atomic E-state index is -2.57. The molecule has 3 saturated heterocycles. The van der Waals surface area contributed by atoms with E-state index in [4.69, 9.17) is 16.3 Å². The van der Waals surface area contributed by atoms with Crippen LogP contribution in [0.15, 0.2) is 78.4 Å². The lowest BCUT2D eigenvalue weighted by molar-refractivity contribution is -0.144. The summed E-state index contributed by atoms with van der Waals surface area (Å²) in [4.78, 5) is 77.0. The number of anilines is 5. The Morgan fingerprint density at radius 3 is 2.25 bits per heavy atom. The van der Waals surface area contributed by atoms with Gasteiger partial charge in [0.25, 0.3) is 0 Å². The van der Waals surface area contributed by atoms with Crippen LogP contribution in [-0.2, 0) is 30.3 Å². The molecule has 4 amide bonds. The molecule has 80 heavy (non-hydrogen) atoms. The van der Waals surface area contributed by atoms with Crippen molar-refractivity contribution in [2.24, 2.45) is 5.41 Å². The maximum atomic E-state index is 14.1. The number of unbranched alkanes of at least 4 members (excludes halogenated alkanes) is 4. The Kier molecular flexibility index (Phi) is 20.3. The van der Waals surface area contributed by atoms with Gasteiger partial charge in [-0.25, -0.2) is 9.97 Å². The van der Waals surface area contributed by atoms with Gasteiger partial charge >= 0.3 is 0 Å². The minimum absolute atomic E-state index is 0.0186. The number of para-hydroxylation sites is 1. The number of likely N-dealkylation sites (tertiary alicyclic amines) is 1. The molecule has 3 unspecified atom stereocenters. The van der Waals surface area contributed by atoms with Crippen LogP contribution in [0, 0.1) is 12.3 Å². The third-order valence-corrected chi connectivity index (χ3v) is 18.2. The molecule has 2 aromatic heterocycles. The first-order valence-electron chi connectivity index (χ1n) is 28.0. The number of benzene rings is 3. The number of β-amino-alcohol motifs (C(OH)–C–C–N with tert-alkyl or cyclic N) is 1. The summed E-state index contributed by atoms with van der Waals surface area (Å²) in [5.41, 5.74) is 6.57. The molecule has 5 aromatic rings. The van der Waals surface area contributed by atoms with Crippen molar-refractivity contribution >= 4 is 87.8 Å². The van der Waals surface area contributed by atoms with Gasteiger partial charge in [-0.2, -0.15) is 4.98 Å². The number of hydrogen-bond acceptors (Lipinski definition) is 15. The number of nitrogens with zero attached hydrogens (tertiary/aromatic N) is 7. The first-order valence-corrected chi connectivity index (χ1v) is 31.8. The second-order valence-electron chi connectivity index (χ2n) is 22.7. The number of aryl methyl sites for hydroxylation is 1. The van der Waals surface area contributed by atoms with Crippen LogP contribution in [0.5, 0.6) is 5.75 Å². The first-order chi connectivity index (χ1) is 38.2. The van der Waals surface area contributed by atoms with E-state index in [0.29, 0.717) is 58.1 Å². The second-order valence-corrected chi connectivity index (χ2v) is 27.2. The molecule has 0 bridgehead atoms. The third kappa shape index (κ3) is 15.7. The van der Waals surface area contributed by atoms with Crippen LogP contribution in [0.4, 0.5) is 28.8 Å². The summed E-state index contributed by atoms with van der Waals surface area (Å²) in [5.74, 6) is 0.629. The maximum Gasteiger partial charge on any atom is 0.246 e. The SMILES string of the molecule is COc1cc(N2CCC(N3CCN(C(=O)CCCCCCCC(=O)NC(C(=O)N4CC(O)CC4C(=O)NCc4ccc(-c5scnc5C)cc4)C(C)(C)C)CC3)CC2)ccc1Nc1ncc(Cl)c(Nc2ccccc2P(C)(C)=O)n1. The zero-order valence-electron chi connectivity index (χ0n) is 47.3. The third-order valence-electron chi connectivity index (χ3n) is 15.4. The van der Waals surface area contributed by atoms with E-state index < -0.39 is 30.7 Å². The summed E-state index contributed by atoms with van der Waals surface area (Å²) >= 11 is 8.08. The fourth-order valence-corrected chi connectivity index (χ4v) is 13.0. The van der Waals surface area contributed by atoms with Gasteiger partial charge in [0.05, 0.1) is 46.9 Å². The molecule has 3 aromatic carbocycles. The molecule has 3 aliphatic heterocycles. The van der Waals surface area contributed by atoms with Crippen molar-refractivity contribution in [2.45, 2.75) is 123 Å². The highest BCUT2D eigenvalue weighted by molar-refractivity contribution is 7.70. The van der Waals surface area contributed by atoms with Crippen molar-refractivity contribution in [3.05, 3.63) is 94.7 Å². The minimum Gasteiger partial charge on any atom is -0.494 e. The Labute approximate surface area is 480 Å². The second kappa shape index (κ2) is 27.1. The molecule has 430 valence electrons. The van der Waals surface area contributed by atoms with Gasteiger partial charge in [0.2, 0.25) is 29.6 Å². The predicted octanol–water partition coefficient (Wildman–Crippen LogP) is 8.96. The smallest absolute Gasteiger partial charge is 0.246 e. The maximum absolute atomic E-state index is 14.1. The van der Waals surface area contributed by atoms with Crippen LogP contribution in [0.3, 0.4) is 0 Å². The fraction of sp³-hybridized carbons (Fsp3) is 0.508. The van der Waals surface area contributed by atoms with Crippen molar-refractivity contribution in [3.63, 3.8) is 0 Å². The fourth-order valence-electron chi connectivity index (χ4n) is 10.9. The zero-order chi connectivity index (χ0) is 57.1. The molecule has 0 spiro atoms. The molecule has 3 fully saturated rings. The van der Waals surface area contributed by atoms with Crippen molar-refractivity contribution < 1.29 is 33.6 Å². The van der Waals surface area contributed by atoms with Gasteiger partial charge < -0.3 is 50.4 Å². The Balaban J connectivity index is 0.705. The summed E-state index contributed by atoms with van der Waals surface area (Å²) in [5, 5.41) is 24.1. The van der Waals surface area contributed by atoms with E-state index in [0.717, 1.165) is 105 Å². The number of hydrogen-bond donors (Lipinski definition) is 5. The van der Waals surface area contributed by atoms with Gasteiger partial charge in [-0.3, -0.25) is 24.1 Å². The molecular weight excluding hydrogens is 1070 g/mol. The van der Waals surface area contributed by atoms with Crippen LogP contribution in [0.25, 0.3) is 10.4 Å². The summed E-state index contributed by atoms with van der Waals surface area (Å²) in [6.45, 7) is 16.4. The molecule has 0 radical (unpaired) electrons. The van der Waals surface area contributed by atoms with Crippen LogP contribution >= 0.6 is 30.1 Å². The summed E-state index contributed by atoms with van der Waals surface area (Å²) in [6, 6.07) is 20.2. The number of halogens is 1. The number of thiazole rings is 1. The van der Waals surface area contributed by atoms with E-state index in [1.165, 1.54) is 11.1 Å². The molecule has 5 heterocycles. The Morgan fingerprint density at radius 1 is 0.875 bits per heavy atom. The number of carbonyl (C=O) groups is 4. The number of aliphatic hydroxyl groups is 1. The number of rotatable bonds is 22. The monoisotopic (exact) mass is 1150 g/mol. The van der Waals surface area contributed by atoms with Gasteiger partial charge in [0.15, 0.2) is 5.82 Å². The number of carbonyl (C=O) groups excluding carboxylic acids is 4. The van der Waals surface area contributed by atoms with Crippen LogP contribution in [-0.4, -0.2) is 149 Å². The van der Waals surface area contributed by atoms with Crippen molar-refractivity contribution in [3.8, 4) is 16.2 Å². The Hall–Kier alpha value is -6.11. The lowest BCUT2D eigenvalue weighted by Gasteiger charge is -2.43. The van der Waals surface area contributed by atoms with Gasteiger partial charge in [0.1, 0.15) is 30.0 Å². The standard InChI is InChI=1S/C59H79ClN11O7PS/c1-39-53(80-38-63-39)41-21-19-40(20-22-41)35-61-56(75)48-34-44(72)37-71(48)57(76)54(59(2,3)4)66-51(73)17-11-9-8-10-12-18-52(74)70-31-29-69(30-32-70)42-25-27-68(28-26-42)43-23-24-46(49(33-43)78-5)65-58-62-36-45(60)55(67-58)64-47-15-13-14-16-50(47)79(6,7)77/h13-16,19-24,33,36,38,42,44,48,54,72H,8-12,17-18,25-32,34-35,37H2,1-7H3,(H,61,75)(H,66,73)(H2,62,64,65,67). The molecular formula is C59H79ClN11O7PS. The van der Waals surface area contributed by atoms with Crippen molar-refractivity contribution in [1.82, 2.24) is 40.3 Å². The summed E-state index contributed by atoms with van der Waals surface area (Å²) < 4.78 is 18.8. The molecule has 0 saturated carbocycles. The Bertz CT molecular complexity index is 2990. The average Bonchev–Trinajstić information content (AvgIpc) is 4.07. The lowest BCUT2D eigenvalue weighted by Crippen LogP contribution is -2.57. The van der Waals surface area contributed by atoms with E-state index in [9.17, 15) is 28.8 Å². The molecule has 21 heteroatoms. The number of aliphatic hydroxyl groups excluding tert-OH is 1. The topological polar surface area (TPSA) is 215 Å². The number of piperidine rings is 1. The van der Waals surface area contributed by atoms with Crippen molar-refractivity contribution in [2.75, 3.05) is 81.8 Å². The van der Waals surface area contributed by atoms with Crippen LogP contribution < -0.4 is 36.2 Å². The van der Waals surface area contributed by atoms with E-state index in [-0.39, 0.29) is 49.6 Å². The highest BCUT2D eigenvalue weighted by Crippen LogP contribution is 2.39. The highest BCUT2D eigenvalue weighted by Gasteiger charge is 2.44. The van der Waals surface area contributed by atoms with Gasteiger partial charge in [-0.15, -0.1) is 11.3 Å². The van der Waals surface area contributed by atoms with E-state index in [1.54, 1.807) is 31.8 Å². The zero-order valence-corrected chi connectivity index (χ0v) is 49.8. The molecule has 3 atom stereocenters. The molecule has 0 aliphatic carbocycles. The largest absolute Gasteiger partial charge is 0.494 e. The Morgan fingerprint density at radius 2 is 1.57 bits per heavy atom. The van der Waals surface area contributed by atoms with E-state index >= 15 is 0 Å². The lowest BCUT2D eigenvalue weighted by atomic mass is 9.85. The normalized spacial score (nSPS) is 17.7. The number of methoxy groups -OCH3 is 1. The summed E-state index contributed by atoms with van der Waals surface area (Å²) in [7, 11) is -0.927. The molecule has 8 rings (SSSR count). The highest BCUT2D eigenvalue weighted by atomic mass is 35.5. The van der Waals surface area contributed by atoms with E-state index in [2.05, 4.69) is 52.1 Å². The number of piperazine rings is 1. The quantitative estimate of drug-likeness (QED) is 0.0323. The van der Waals surface area contributed by atoms with Gasteiger partial charge in [-0.05, 0) is 86.7 Å². The van der Waals surface area contributed by atoms with E-state index in [1.807, 2.05) is 98.8 Å². The van der Waals surface area contributed by atoms with Crippen LogP contribution in [0.1, 0.15) is 96.2 Å².